The highest BCUT2D eigenvalue weighted by atomic mass is 15.1. The summed E-state index contributed by atoms with van der Waals surface area (Å²) in [5.41, 5.74) is 1.71. The first-order valence-corrected chi connectivity index (χ1v) is 6.39. The molecule has 0 aliphatic heterocycles. The molecule has 0 atom stereocenters. The second-order valence-corrected chi connectivity index (χ2v) is 4.79. The summed E-state index contributed by atoms with van der Waals surface area (Å²) in [6.07, 6.45) is 5.90. The highest BCUT2D eigenvalue weighted by Gasteiger charge is 2.19. The summed E-state index contributed by atoms with van der Waals surface area (Å²) in [5, 5.41) is 8.82. The monoisotopic (exact) mass is 229 g/mol. The molecule has 1 saturated carbocycles. The van der Waals surface area contributed by atoms with Crippen molar-refractivity contribution in [1.29, 1.82) is 5.26 Å². The summed E-state index contributed by atoms with van der Waals surface area (Å²) in [6.45, 7) is 5.40. The van der Waals surface area contributed by atoms with Crippen LogP contribution < -0.4 is 0 Å². The van der Waals surface area contributed by atoms with Gasteiger partial charge in [0.1, 0.15) is 11.8 Å². The van der Waals surface area contributed by atoms with E-state index in [0.29, 0.717) is 5.69 Å². The summed E-state index contributed by atoms with van der Waals surface area (Å²) in [6, 6.07) is 5.99. The Balaban J connectivity index is 1.94. The van der Waals surface area contributed by atoms with Gasteiger partial charge in [-0.3, -0.25) is 4.90 Å². The predicted octanol–water partition coefficient (Wildman–Crippen LogP) is 2.58. The van der Waals surface area contributed by atoms with Gasteiger partial charge < -0.3 is 0 Å². The highest BCUT2D eigenvalue weighted by Crippen LogP contribution is 2.27. The van der Waals surface area contributed by atoms with Crippen LogP contribution >= 0.6 is 0 Å². The fourth-order valence-corrected chi connectivity index (χ4v) is 2.24. The van der Waals surface area contributed by atoms with Crippen molar-refractivity contribution < 1.29 is 0 Å². The standard InChI is InChI=1S/C14H19N3/c1-2-17(10-12-4-3-5-12)11-13-6-7-16-14(8-13)9-15/h6-8,12H,2-5,10-11H2,1H3. The number of hydrogen-bond donors (Lipinski definition) is 0. The molecule has 0 radical (unpaired) electrons. The van der Waals surface area contributed by atoms with E-state index in [-0.39, 0.29) is 0 Å². The van der Waals surface area contributed by atoms with Crippen molar-refractivity contribution in [3.63, 3.8) is 0 Å². The summed E-state index contributed by atoms with van der Waals surface area (Å²) in [5.74, 6) is 0.896. The van der Waals surface area contributed by atoms with Gasteiger partial charge in [0, 0.05) is 19.3 Å². The predicted molar refractivity (Wildman–Crippen MR) is 67.2 cm³/mol. The van der Waals surface area contributed by atoms with E-state index in [2.05, 4.69) is 22.9 Å². The Morgan fingerprint density at radius 2 is 2.35 bits per heavy atom. The molecule has 2 rings (SSSR count). The average molecular weight is 229 g/mol. The average Bonchev–Trinajstić information content (AvgIpc) is 2.32. The zero-order valence-corrected chi connectivity index (χ0v) is 10.4. The molecule has 17 heavy (non-hydrogen) atoms. The lowest BCUT2D eigenvalue weighted by Gasteiger charge is -2.31. The number of aromatic nitrogens is 1. The highest BCUT2D eigenvalue weighted by molar-refractivity contribution is 5.25. The zero-order valence-electron chi connectivity index (χ0n) is 10.4. The van der Waals surface area contributed by atoms with Gasteiger partial charge in [0.2, 0.25) is 0 Å². The summed E-state index contributed by atoms with van der Waals surface area (Å²) >= 11 is 0. The van der Waals surface area contributed by atoms with E-state index < -0.39 is 0 Å². The first-order valence-electron chi connectivity index (χ1n) is 6.39. The van der Waals surface area contributed by atoms with Crippen LogP contribution in [0.4, 0.5) is 0 Å². The topological polar surface area (TPSA) is 39.9 Å². The molecule has 3 nitrogen and oxygen atoms in total. The Morgan fingerprint density at radius 3 is 2.94 bits per heavy atom. The van der Waals surface area contributed by atoms with Crippen molar-refractivity contribution in [2.24, 2.45) is 5.92 Å². The number of pyridine rings is 1. The van der Waals surface area contributed by atoms with Gasteiger partial charge in [-0.2, -0.15) is 5.26 Å². The quantitative estimate of drug-likeness (QED) is 0.779. The van der Waals surface area contributed by atoms with E-state index >= 15 is 0 Å². The Labute approximate surface area is 103 Å². The van der Waals surface area contributed by atoms with Crippen molar-refractivity contribution >= 4 is 0 Å². The second-order valence-electron chi connectivity index (χ2n) is 4.79. The SMILES string of the molecule is CCN(Cc1ccnc(C#N)c1)CC1CCC1. The molecule has 0 bridgehead atoms. The fraction of sp³-hybridized carbons (Fsp3) is 0.571. The maximum absolute atomic E-state index is 8.82. The van der Waals surface area contributed by atoms with Crippen molar-refractivity contribution in [2.45, 2.75) is 32.7 Å². The number of rotatable bonds is 5. The Kier molecular flexibility index (Phi) is 4.11. The lowest BCUT2D eigenvalue weighted by Crippen LogP contribution is -2.32. The Morgan fingerprint density at radius 1 is 1.53 bits per heavy atom. The second kappa shape index (κ2) is 5.79. The molecule has 0 N–H and O–H groups in total. The van der Waals surface area contributed by atoms with Gasteiger partial charge >= 0.3 is 0 Å². The van der Waals surface area contributed by atoms with Crippen molar-refractivity contribution in [3.05, 3.63) is 29.6 Å². The van der Waals surface area contributed by atoms with Gasteiger partial charge in [0.25, 0.3) is 0 Å². The number of hydrogen-bond acceptors (Lipinski definition) is 3. The first-order chi connectivity index (χ1) is 8.31. The van der Waals surface area contributed by atoms with Gasteiger partial charge in [-0.15, -0.1) is 0 Å². The fourth-order valence-electron chi connectivity index (χ4n) is 2.24. The van der Waals surface area contributed by atoms with Crippen LogP contribution in [0.5, 0.6) is 0 Å². The van der Waals surface area contributed by atoms with Crippen LogP contribution in [-0.2, 0) is 6.54 Å². The smallest absolute Gasteiger partial charge is 0.140 e. The summed E-state index contributed by atoms with van der Waals surface area (Å²) in [7, 11) is 0. The Hall–Kier alpha value is -1.40. The van der Waals surface area contributed by atoms with Crippen LogP contribution in [0.2, 0.25) is 0 Å². The van der Waals surface area contributed by atoms with E-state index in [0.717, 1.165) is 19.0 Å². The normalized spacial score (nSPS) is 15.6. The maximum Gasteiger partial charge on any atom is 0.140 e. The van der Waals surface area contributed by atoms with Gasteiger partial charge in [-0.05, 0) is 43.0 Å². The molecular weight excluding hydrogens is 210 g/mol. The Bertz CT molecular complexity index is 404. The van der Waals surface area contributed by atoms with E-state index in [4.69, 9.17) is 5.26 Å². The number of nitriles is 1. The molecule has 0 saturated heterocycles. The van der Waals surface area contributed by atoms with Crippen LogP contribution in [0.3, 0.4) is 0 Å². The molecule has 0 spiro atoms. The van der Waals surface area contributed by atoms with Gasteiger partial charge in [-0.1, -0.05) is 13.3 Å². The van der Waals surface area contributed by atoms with E-state index in [1.54, 1.807) is 6.20 Å². The number of nitrogens with zero attached hydrogens (tertiary/aromatic N) is 3. The van der Waals surface area contributed by atoms with Crippen molar-refractivity contribution in [2.75, 3.05) is 13.1 Å². The summed E-state index contributed by atoms with van der Waals surface area (Å²) in [4.78, 5) is 6.46. The maximum atomic E-state index is 8.82. The minimum absolute atomic E-state index is 0.516. The molecule has 1 aliphatic carbocycles. The van der Waals surface area contributed by atoms with Crippen LogP contribution in [0.15, 0.2) is 18.3 Å². The molecule has 90 valence electrons. The van der Waals surface area contributed by atoms with Crippen LogP contribution in [0.1, 0.15) is 37.4 Å². The zero-order chi connectivity index (χ0) is 12.1. The molecule has 1 heterocycles. The lowest BCUT2D eigenvalue weighted by molar-refractivity contribution is 0.178. The van der Waals surface area contributed by atoms with Crippen LogP contribution in [-0.4, -0.2) is 23.0 Å². The van der Waals surface area contributed by atoms with Crippen LogP contribution in [0, 0.1) is 17.2 Å². The molecule has 0 amide bonds. The van der Waals surface area contributed by atoms with E-state index in [1.807, 2.05) is 12.1 Å². The molecule has 1 aromatic rings. The molecule has 0 aromatic carbocycles. The molecule has 3 heteroatoms. The first kappa shape index (κ1) is 12.1. The van der Waals surface area contributed by atoms with E-state index in [9.17, 15) is 0 Å². The molecule has 0 unspecified atom stereocenters. The lowest BCUT2D eigenvalue weighted by atomic mass is 9.85. The van der Waals surface area contributed by atoms with Crippen molar-refractivity contribution in [1.82, 2.24) is 9.88 Å². The molecule has 1 aliphatic rings. The minimum Gasteiger partial charge on any atom is -0.299 e. The van der Waals surface area contributed by atoms with Gasteiger partial charge in [-0.25, -0.2) is 4.98 Å². The van der Waals surface area contributed by atoms with Crippen LogP contribution in [0.25, 0.3) is 0 Å². The summed E-state index contributed by atoms with van der Waals surface area (Å²) < 4.78 is 0. The third kappa shape index (κ3) is 3.28. The van der Waals surface area contributed by atoms with E-state index in [1.165, 1.54) is 31.4 Å². The van der Waals surface area contributed by atoms with Gasteiger partial charge in [0.15, 0.2) is 0 Å². The molecule has 1 fully saturated rings. The molecular formula is C14H19N3. The largest absolute Gasteiger partial charge is 0.299 e. The van der Waals surface area contributed by atoms with Gasteiger partial charge in [0.05, 0.1) is 0 Å². The minimum atomic E-state index is 0.516. The van der Waals surface area contributed by atoms with Crippen molar-refractivity contribution in [3.8, 4) is 6.07 Å². The molecule has 1 aromatic heterocycles. The third-order valence-electron chi connectivity index (χ3n) is 3.53. The third-order valence-corrected chi connectivity index (χ3v) is 3.53.